The molecule has 7 heteroatoms. The summed E-state index contributed by atoms with van der Waals surface area (Å²) in [6.45, 7) is 0.680. The van der Waals surface area contributed by atoms with Crippen LogP contribution in [-0.2, 0) is 17.8 Å². The van der Waals surface area contributed by atoms with Crippen LogP contribution in [0.2, 0.25) is 0 Å². The number of fused-ring (bicyclic) bond motifs is 1. The first kappa shape index (κ1) is 23.2. The van der Waals surface area contributed by atoms with Gasteiger partial charge < -0.3 is 4.57 Å². The van der Waals surface area contributed by atoms with Gasteiger partial charge in [-0.25, -0.2) is 9.37 Å². The molecule has 36 heavy (non-hydrogen) atoms. The monoisotopic (exact) mass is 492 g/mol. The average Bonchev–Trinajstić information content (AvgIpc) is 3.48. The summed E-state index contributed by atoms with van der Waals surface area (Å²) < 4.78 is 15.3. The number of hydrogen-bond acceptors (Lipinski definition) is 4. The molecule has 0 bridgehead atoms. The van der Waals surface area contributed by atoms with Crippen molar-refractivity contribution in [2.75, 3.05) is 5.32 Å². The number of thiazole rings is 1. The van der Waals surface area contributed by atoms with E-state index in [0.29, 0.717) is 18.1 Å². The summed E-state index contributed by atoms with van der Waals surface area (Å²) in [6, 6.07) is 26.4. The largest absolute Gasteiger partial charge is 0.342 e. The van der Waals surface area contributed by atoms with Gasteiger partial charge in [0.05, 0.1) is 0 Å². The van der Waals surface area contributed by atoms with Gasteiger partial charge in [0.2, 0.25) is 0 Å². The van der Waals surface area contributed by atoms with Gasteiger partial charge in [0.1, 0.15) is 17.5 Å². The summed E-state index contributed by atoms with van der Waals surface area (Å²) in [5, 5.41) is 13.8. The minimum atomic E-state index is -0.514. The fourth-order valence-electron chi connectivity index (χ4n) is 4.02. The van der Waals surface area contributed by atoms with E-state index in [1.807, 2.05) is 54.7 Å². The van der Waals surface area contributed by atoms with E-state index in [1.54, 1.807) is 24.4 Å². The average molecular weight is 493 g/mol. The second-order valence-corrected chi connectivity index (χ2v) is 9.39. The van der Waals surface area contributed by atoms with Crippen molar-refractivity contribution in [3.05, 3.63) is 124 Å². The van der Waals surface area contributed by atoms with Gasteiger partial charge in [-0.2, -0.15) is 5.26 Å². The Balaban J connectivity index is 1.36. The Labute approximate surface area is 211 Å². The summed E-state index contributed by atoms with van der Waals surface area (Å²) in [6.07, 6.45) is 5.84. The van der Waals surface area contributed by atoms with Crippen molar-refractivity contribution in [3.8, 4) is 6.07 Å². The molecule has 5 aromatic rings. The van der Waals surface area contributed by atoms with Crippen LogP contribution in [-0.4, -0.2) is 15.5 Å². The van der Waals surface area contributed by atoms with Crippen molar-refractivity contribution in [2.24, 2.45) is 0 Å². The normalized spacial score (nSPS) is 11.4. The number of para-hydroxylation sites is 1. The molecule has 176 valence electrons. The summed E-state index contributed by atoms with van der Waals surface area (Å²) in [5.74, 6) is -0.796. The number of nitrogens with one attached hydrogen (secondary N) is 1. The molecule has 0 saturated carbocycles. The van der Waals surface area contributed by atoms with E-state index < -0.39 is 5.91 Å². The molecule has 1 amide bonds. The van der Waals surface area contributed by atoms with Crippen molar-refractivity contribution in [3.63, 3.8) is 0 Å². The lowest BCUT2D eigenvalue weighted by molar-refractivity contribution is -0.112. The molecule has 0 unspecified atom stereocenters. The smallest absolute Gasteiger partial charge is 0.268 e. The molecule has 5 nitrogen and oxygen atoms in total. The molecule has 1 N–H and O–H groups in total. The Hall–Kier alpha value is -4.54. The number of anilines is 1. The van der Waals surface area contributed by atoms with Crippen LogP contribution in [0, 0.1) is 17.1 Å². The Morgan fingerprint density at radius 2 is 1.78 bits per heavy atom. The molecular formula is C29H21FN4OS. The van der Waals surface area contributed by atoms with Gasteiger partial charge in [-0.15, -0.1) is 11.3 Å². The van der Waals surface area contributed by atoms with Crippen LogP contribution in [0.5, 0.6) is 0 Å². The van der Waals surface area contributed by atoms with E-state index in [0.717, 1.165) is 32.5 Å². The molecule has 2 heterocycles. The molecule has 0 atom stereocenters. The number of halogens is 1. The maximum absolute atomic E-state index is 13.1. The van der Waals surface area contributed by atoms with Gasteiger partial charge in [0, 0.05) is 46.7 Å². The molecule has 0 fully saturated rings. The number of nitrogens with zero attached hydrogens (tertiary/aromatic N) is 3. The molecule has 0 aliphatic carbocycles. The van der Waals surface area contributed by atoms with E-state index in [2.05, 4.69) is 27.0 Å². The number of aromatic nitrogens is 2. The first-order valence-electron chi connectivity index (χ1n) is 11.3. The number of amides is 1. The van der Waals surface area contributed by atoms with Gasteiger partial charge in [-0.05, 0) is 35.4 Å². The summed E-state index contributed by atoms with van der Waals surface area (Å²) in [7, 11) is 0. The first-order chi connectivity index (χ1) is 17.6. The predicted molar refractivity (Wildman–Crippen MR) is 141 cm³/mol. The predicted octanol–water partition coefficient (Wildman–Crippen LogP) is 6.42. The summed E-state index contributed by atoms with van der Waals surface area (Å²) >= 11 is 1.32. The van der Waals surface area contributed by atoms with Crippen LogP contribution >= 0.6 is 11.3 Å². The van der Waals surface area contributed by atoms with Crippen LogP contribution in [0.3, 0.4) is 0 Å². The Kier molecular flexibility index (Phi) is 6.69. The zero-order valence-electron chi connectivity index (χ0n) is 19.2. The maximum Gasteiger partial charge on any atom is 0.268 e. The third-order valence-corrected chi connectivity index (χ3v) is 6.66. The zero-order valence-corrected chi connectivity index (χ0v) is 20.0. The van der Waals surface area contributed by atoms with Crippen molar-refractivity contribution in [1.82, 2.24) is 9.55 Å². The lowest BCUT2D eigenvalue weighted by atomic mass is 10.1. The topological polar surface area (TPSA) is 70.7 Å². The standard InChI is InChI=1S/C29H21FN4OS/c30-24-12-10-20(11-13-24)14-25-17-32-29(36-25)33-28(35)22(16-31)15-23-19-34(18-21-6-2-1-3-7-21)27-9-5-4-8-26(23)27/h1-13,15,17,19H,14,18H2,(H,32,33,35)/b22-15+. The van der Waals surface area contributed by atoms with Crippen molar-refractivity contribution < 1.29 is 9.18 Å². The zero-order chi connectivity index (χ0) is 24.9. The molecule has 5 rings (SSSR count). The Morgan fingerprint density at radius 3 is 2.56 bits per heavy atom. The highest BCUT2D eigenvalue weighted by Crippen LogP contribution is 2.26. The van der Waals surface area contributed by atoms with Gasteiger partial charge in [-0.1, -0.05) is 60.7 Å². The highest BCUT2D eigenvalue weighted by molar-refractivity contribution is 7.15. The number of benzene rings is 3. The number of rotatable bonds is 7. The lowest BCUT2D eigenvalue weighted by Gasteiger charge is -2.05. The van der Waals surface area contributed by atoms with E-state index in [9.17, 15) is 14.4 Å². The molecular weight excluding hydrogens is 471 g/mol. The number of carbonyl (C=O) groups excluding carboxylic acids is 1. The van der Waals surface area contributed by atoms with Crippen LogP contribution in [0.25, 0.3) is 17.0 Å². The van der Waals surface area contributed by atoms with Gasteiger partial charge in [0.25, 0.3) is 5.91 Å². The van der Waals surface area contributed by atoms with Crippen molar-refractivity contribution in [2.45, 2.75) is 13.0 Å². The second-order valence-electron chi connectivity index (χ2n) is 8.27. The minimum absolute atomic E-state index is 0.00658. The number of hydrogen-bond donors (Lipinski definition) is 1. The quantitative estimate of drug-likeness (QED) is 0.210. The molecule has 0 saturated heterocycles. The summed E-state index contributed by atoms with van der Waals surface area (Å²) in [4.78, 5) is 18.1. The first-order valence-corrected chi connectivity index (χ1v) is 12.1. The minimum Gasteiger partial charge on any atom is -0.342 e. The number of nitriles is 1. The molecule has 0 aliphatic heterocycles. The molecule has 0 radical (unpaired) electrons. The van der Waals surface area contributed by atoms with Crippen LogP contribution in [0.1, 0.15) is 21.6 Å². The van der Waals surface area contributed by atoms with Crippen LogP contribution < -0.4 is 5.32 Å². The Morgan fingerprint density at radius 1 is 1.03 bits per heavy atom. The van der Waals surface area contributed by atoms with Gasteiger partial charge >= 0.3 is 0 Å². The van der Waals surface area contributed by atoms with Crippen LogP contribution in [0.4, 0.5) is 9.52 Å². The van der Waals surface area contributed by atoms with E-state index in [4.69, 9.17) is 0 Å². The fourth-order valence-corrected chi connectivity index (χ4v) is 4.86. The maximum atomic E-state index is 13.1. The second kappa shape index (κ2) is 10.4. The third-order valence-electron chi connectivity index (χ3n) is 5.75. The number of carbonyl (C=O) groups is 1. The molecule has 0 aliphatic rings. The van der Waals surface area contributed by atoms with E-state index >= 15 is 0 Å². The van der Waals surface area contributed by atoms with E-state index in [1.165, 1.54) is 23.5 Å². The van der Waals surface area contributed by atoms with Crippen molar-refractivity contribution >= 4 is 39.4 Å². The summed E-state index contributed by atoms with van der Waals surface area (Å²) in [5.41, 5.74) is 3.92. The SMILES string of the molecule is N#C/C(=C\c1cn(Cc2ccccc2)c2ccccc12)C(=O)Nc1ncc(Cc2ccc(F)cc2)s1. The van der Waals surface area contributed by atoms with Gasteiger partial charge in [0.15, 0.2) is 5.13 Å². The van der Waals surface area contributed by atoms with Crippen molar-refractivity contribution in [1.29, 1.82) is 5.26 Å². The molecule has 3 aromatic carbocycles. The third kappa shape index (κ3) is 5.24. The fraction of sp³-hybridized carbons (Fsp3) is 0.0690. The molecule has 0 spiro atoms. The Bertz CT molecular complexity index is 1590. The molecule has 2 aromatic heterocycles. The lowest BCUT2D eigenvalue weighted by Crippen LogP contribution is -2.13. The van der Waals surface area contributed by atoms with Gasteiger partial charge in [-0.3, -0.25) is 10.1 Å². The van der Waals surface area contributed by atoms with E-state index in [-0.39, 0.29) is 11.4 Å². The highest BCUT2D eigenvalue weighted by Gasteiger charge is 2.15. The highest BCUT2D eigenvalue weighted by atomic mass is 32.1. The van der Waals surface area contributed by atoms with Crippen LogP contribution in [0.15, 0.2) is 96.8 Å².